The molecule has 0 nitrogen and oxygen atoms in total. The van der Waals surface area contributed by atoms with Gasteiger partial charge in [-0.05, 0) is 65.5 Å². The smallest absolute Gasteiger partial charge is 0.0130 e. The molecule has 0 aromatic carbocycles. The maximum absolute atomic E-state index is 3.00. The summed E-state index contributed by atoms with van der Waals surface area (Å²) in [4.78, 5) is 0. The molecule has 0 fully saturated rings. The molecule has 0 N–H and O–H groups in total. The predicted octanol–water partition coefficient (Wildman–Crippen LogP) is 6.15. The molecule has 2 rings (SSSR count). The summed E-state index contributed by atoms with van der Waals surface area (Å²) in [5, 5.41) is 0. The van der Waals surface area contributed by atoms with E-state index < -0.39 is 0 Å². The van der Waals surface area contributed by atoms with Crippen LogP contribution >= 0.6 is 0 Å². The van der Waals surface area contributed by atoms with Crippen molar-refractivity contribution in [2.75, 3.05) is 0 Å². The van der Waals surface area contributed by atoms with Gasteiger partial charge in [0, 0.05) is 0 Å². The van der Waals surface area contributed by atoms with E-state index in [1.165, 1.54) is 46.3 Å². The molecule has 0 aromatic rings. The SMILES string of the molecule is C=C.CC1=CCC(C)=C1C.CC1=CCC(C)=C1C. The van der Waals surface area contributed by atoms with Crippen LogP contribution in [0.25, 0.3) is 0 Å². The zero-order valence-corrected chi connectivity index (χ0v) is 13.0. The molecule has 0 aliphatic heterocycles. The third kappa shape index (κ3) is 4.52. The lowest BCUT2D eigenvalue weighted by Gasteiger charge is -1.93. The highest BCUT2D eigenvalue weighted by Gasteiger charge is 2.04. The van der Waals surface area contributed by atoms with Gasteiger partial charge in [0.1, 0.15) is 0 Å². The topological polar surface area (TPSA) is 0 Å². The molecular weight excluding hydrogens is 216 g/mol. The number of hydrogen-bond donors (Lipinski definition) is 0. The van der Waals surface area contributed by atoms with Crippen LogP contribution in [0, 0.1) is 0 Å². The molecule has 2 aliphatic rings. The molecule has 0 heteroatoms. The molecule has 0 bridgehead atoms. The van der Waals surface area contributed by atoms with Gasteiger partial charge in [-0.3, -0.25) is 0 Å². The average molecular weight is 244 g/mol. The van der Waals surface area contributed by atoms with Gasteiger partial charge in [0.05, 0.1) is 0 Å². The van der Waals surface area contributed by atoms with Crippen molar-refractivity contribution < 1.29 is 0 Å². The van der Waals surface area contributed by atoms with Crippen molar-refractivity contribution in [2.24, 2.45) is 0 Å². The lowest BCUT2D eigenvalue weighted by molar-refractivity contribution is 1.22. The molecule has 0 saturated heterocycles. The molecule has 0 amide bonds. The van der Waals surface area contributed by atoms with Crippen LogP contribution in [-0.2, 0) is 0 Å². The summed E-state index contributed by atoms with van der Waals surface area (Å²) in [6, 6.07) is 0. The number of hydrogen-bond acceptors (Lipinski definition) is 0. The molecule has 2 aliphatic carbocycles. The third-order valence-electron chi connectivity index (χ3n) is 3.89. The van der Waals surface area contributed by atoms with Crippen LogP contribution in [0.4, 0.5) is 0 Å². The summed E-state index contributed by atoms with van der Waals surface area (Å²) in [7, 11) is 0. The quantitative estimate of drug-likeness (QED) is 0.448. The van der Waals surface area contributed by atoms with E-state index in [1.807, 2.05) is 0 Å². The first-order chi connectivity index (χ1) is 8.43. The van der Waals surface area contributed by atoms with Crippen LogP contribution in [0.1, 0.15) is 54.4 Å². The van der Waals surface area contributed by atoms with E-state index in [-0.39, 0.29) is 0 Å². The summed E-state index contributed by atoms with van der Waals surface area (Å²) >= 11 is 0. The Bertz CT molecular complexity index is 360. The minimum Gasteiger partial charge on any atom is -0.106 e. The van der Waals surface area contributed by atoms with Crippen molar-refractivity contribution in [3.8, 4) is 0 Å². The lowest BCUT2D eigenvalue weighted by Crippen LogP contribution is -1.73. The van der Waals surface area contributed by atoms with Gasteiger partial charge in [-0.2, -0.15) is 0 Å². The van der Waals surface area contributed by atoms with Crippen molar-refractivity contribution >= 4 is 0 Å². The standard InChI is InChI=1S/2C8H12.C2H4/c2*1-6-4-5-7(2)8(6)3;1-2/h2*4H,5H2,1-3H3;1-2H2. The highest BCUT2D eigenvalue weighted by atomic mass is 14.1. The Hall–Kier alpha value is -1.30. The number of allylic oxidation sites excluding steroid dienone is 8. The first-order valence-electron chi connectivity index (χ1n) is 6.60. The van der Waals surface area contributed by atoms with Crippen LogP contribution in [0.2, 0.25) is 0 Å². The van der Waals surface area contributed by atoms with Gasteiger partial charge >= 0.3 is 0 Å². The van der Waals surface area contributed by atoms with E-state index in [2.05, 4.69) is 66.9 Å². The van der Waals surface area contributed by atoms with Crippen LogP contribution in [0.3, 0.4) is 0 Å². The fraction of sp³-hybridized carbons (Fsp3) is 0.444. The summed E-state index contributed by atoms with van der Waals surface area (Å²) in [5.74, 6) is 0. The molecule has 0 unspecified atom stereocenters. The highest BCUT2D eigenvalue weighted by molar-refractivity contribution is 5.39. The van der Waals surface area contributed by atoms with Crippen molar-refractivity contribution in [1.29, 1.82) is 0 Å². The van der Waals surface area contributed by atoms with Crippen molar-refractivity contribution in [2.45, 2.75) is 54.4 Å². The van der Waals surface area contributed by atoms with Crippen LogP contribution in [0.5, 0.6) is 0 Å². The molecule has 18 heavy (non-hydrogen) atoms. The Balaban J connectivity index is 0.000000283. The zero-order valence-electron chi connectivity index (χ0n) is 13.0. The van der Waals surface area contributed by atoms with Gasteiger partial charge in [-0.25, -0.2) is 0 Å². The van der Waals surface area contributed by atoms with Crippen molar-refractivity contribution in [3.63, 3.8) is 0 Å². The Morgan fingerprint density at radius 3 is 1.00 bits per heavy atom. The fourth-order valence-corrected chi connectivity index (χ4v) is 1.90. The Morgan fingerprint density at radius 1 is 0.667 bits per heavy atom. The minimum atomic E-state index is 1.18. The Labute approximate surface area is 113 Å². The number of rotatable bonds is 0. The second-order valence-corrected chi connectivity index (χ2v) is 4.99. The molecule has 0 atom stereocenters. The molecule has 0 aromatic heterocycles. The first kappa shape index (κ1) is 16.7. The third-order valence-corrected chi connectivity index (χ3v) is 3.89. The zero-order chi connectivity index (χ0) is 14.3. The average Bonchev–Trinajstić information content (AvgIpc) is 2.83. The second-order valence-electron chi connectivity index (χ2n) is 4.99. The van der Waals surface area contributed by atoms with E-state index in [0.29, 0.717) is 0 Å². The van der Waals surface area contributed by atoms with Crippen molar-refractivity contribution in [3.05, 3.63) is 58.7 Å². The molecule has 0 spiro atoms. The molecule has 0 saturated carbocycles. The highest BCUT2D eigenvalue weighted by Crippen LogP contribution is 2.24. The van der Waals surface area contributed by atoms with Gasteiger partial charge in [0.25, 0.3) is 0 Å². The Kier molecular flexibility index (Phi) is 7.35. The van der Waals surface area contributed by atoms with E-state index in [9.17, 15) is 0 Å². The van der Waals surface area contributed by atoms with Gasteiger partial charge in [-0.15, -0.1) is 13.2 Å². The maximum Gasteiger partial charge on any atom is -0.0130 e. The first-order valence-corrected chi connectivity index (χ1v) is 6.60. The van der Waals surface area contributed by atoms with Gasteiger partial charge in [-0.1, -0.05) is 34.4 Å². The van der Waals surface area contributed by atoms with E-state index >= 15 is 0 Å². The summed E-state index contributed by atoms with van der Waals surface area (Å²) < 4.78 is 0. The summed E-state index contributed by atoms with van der Waals surface area (Å²) in [6.45, 7) is 19.1. The van der Waals surface area contributed by atoms with Gasteiger partial charge in [0.15, 0.2) is 0 Å². The van der Waals surface area contributed by atoms with Gasteiger partial charge in [0.2, 0.25) is 0 Å². The fourth-order valence-electron chi connectivity index (χ4n) is 1.90. The summed E-state index contributed by atoms with van der Waals surface area (Å²) in [5.41, 5.74) is 8.96. The largest absolute Gasteiger partial charge is 0.106 e. The lowest BCUT2D eigenvalue weighted by atomic mass is 10.1. The molecule has 100 valence electrons. The van der Waals surface area contributed by atoms with E-state index in [4.69, 9.17) is 0 Å². The summed E-state index contributed by atoms with van der Waals surface area (Å²) in [6.07, 6.45) is 6.92. The maximum atomic E-state index is 3.00. The second kappa shape index (κ2) is 7.92. The van der Waals surface area contributed by atoms with Crippen molar-refractivity contribution in [1.82, 2.24) is 0 Å². The predicted molar refractivity (Wildman–Crippen MR) is 84.8 cm³/mol. The minimum absolute atomic E-state index is 1.18. The molecule has 0 heterocycles. The van der Waals surface area contributed by atoms with Crippen LogP contribution < -0.4 is 0 Å². The monoisotopic (exact) mass is 244 g/mol. The van der Waals surface area contributed by atoms with Crippen LogP contribution in [-0.4, -0.2) is 0 Å². The molecule has 0 radical (unpaired) electrons. The van der Waals surface area contributed by atoms with Crippen LogP contribution in [0.15, 0.2) is 58.7 Å². The Morgan fingerprint density at radius 2 is 0.944 bits per heavy atom. The normalized spacial score (nSPS) is 17.7. The van der Waals surface area contributed by atoms with Gasteiger partial charge < -0.3 is 0 Å². The van der Waals surface area contributed by atoms with E-state index in [0.717, 1.165) is 0 Å². The molecular formula is C18H28. The van der Waals surface area contributed by atoms with E-state index in [1.54, 1.807) is 0 Å².